The van der Waals surface area contributed by atoms with Crippen LogP contribution in [0.3, 0.4) is 0 Å². The summed E-state index contributed by atoms with van der Waals surface area (Å²) in [6, 6.07) is 17.0. The van der Waals surface area contributed by atoms with Crippen LogP contribution in [-0.2, 0) is 34.3 Å². The molecular formula is C32H30N12O2. The monoisotopic (exact) mass is 614 g/mol. The molecule has 0 bridgehead atoms. The van der Waals surface area contributed by atoms with Crippen molar-refractivity contribution in [2.75, 3.05) is 13.2 Å². The number of benzene rings is 1. The lowest BCUT2D eigenvalue weighted by molar-refractivity contribution is -0.0189. The Kier molecular flexibility index (Phi) is 7.82. The summed E-state index contributed by atoms with van der Waals surface area (Å²) in [5.41, 5.74) is 2.50. The molecule has 7 rings (SSSR count). The minimum absolute atomic E-state index is 0.171. The second kappa shape index (κ2) is 12.5. The molecule has 0 spiro atoms. The van der Waals surface area contributed by atoms with Crippen LogP contribution >= 0.6 is 0 Å². The first-order valence-electron chi connectivity index (χ1n) is 14.5. The molecule has 0 aliphatic heterocycles. The van der Waals surface area contributed by atoms with Crippen molar-refractivity contribution in [1.29, 1.82) is 0 Å². The Hall–Kier alpha value is -6.04. The third-order valence-electron chi connectivity index (χ3n) is 7.58. The molecule has 0 unspecified atom stereocenters. The first-order valence-corrected chi connectivity index (χ1v) is 14.5. The van der Waals surface area contributed by atoms with Gasteiger partial charge in [0.15, 0.2) is 0 Å². The van der Waals surface area contributed by atoms with E-state index >= 15 is 0 Å². The van der Waals surface area contributed by atoms with Crippen molar-refractivity contribution in [2.45, 2.75) is 24.8 Å². The van der Waals surface area contributed by atoms with Crippen molar-refractivity contribution in [2.24, 2.45) is 0 Å². The molecule has 230 valence electrons. The van der Waals surface area contributed by atoms with Crippen LogP contribution in [0.5, 0.6) is 0 Å². The van der Waals surface area contributed by atoms with Crippen molar-refractivity contribution < 1.29 is 9.47 Å². The van der Waals surface area contributed by atoms with Gasteiger partial charge >= 0.3 is 0 Å². The number of hydrogen-bond acceptors (Lipinski definition) is 8. The van der Waals surface area contributed by atoms with Crippen LogP contribution < -0.4 is 0 Å². The molecule has 14 heteroatoms. The lowest BCUT2D eigenvalue weighted by Crippen LogP contribution is -2.52. The molecule has 0 radical (unpaired) electrons. The van der Waals surface area contributed by atoms with Gasteiger partial charge in [-0.15, -0.1) is 6.42 Å². The molecule has 6 aromatic heterocycles. The Morgan fingerprint density at radius 1 is 0.500 bits per heavy atom. The van der Waals surface area contributed by atoms with E-state index in [1.54, 1.807) is 65.3 Å². The maximum absolute atomic E-state index is 6.39. The van der Waals surface area contributed by atoms with Crippen molar-refractivity contribution in [3.63, 3.8) is 0 Å². The van der Waals surface area contributed by atoms with Gasteiger partial charge in [-0.2, -0.15) is 30.6 Å². The van der Waals surface area contributed by atoms with Gasteiger partial charge in [0.1, 0.15) is 13.2 Å². The van der Waals surface area contributed by atoms with E-state index in [-0.39, 0.29) is 26.4 Å². The van der Waals surface area contributed by atoms with E-state index in [0.29, 0.717) is 0 Å². The molecule has 0 amide bonds. The van der Waals surface area contributed by atoms with Crippen molar-refractivity contribution in [3.8, 4) is 12.3 Å². The maximum Gasteiger partial charge on any atom is 0.273 e. The number of aromatic nitrogens is 12. The fourth-order valence-electron chi connectivity index (χ4n) is 5.53. The fraction of sp³-hybridized carbons (Fsp3) is 0.188. The summed E-state index contributed by atoms with van der Waals surface area (Å²) < 4.78 is 23.4. The lowest BCUT2D eigenvalue weighted by atomic mass is 10.1. The summed E-state index contributed by atoms with van der Waals surface area (Å²) in [4.78, 5) is 0. The Balaban J connectivity index is 1.12. The van der Waals surface area contributed by atoms with Gasteiger partial charge in [-0.1, -0.05) is 12.0 Å². The van der Waals surface area contributed by atoms with Gasteiger partial charge in [-0.3, -0.25) is 0 Å². The standard InChI is InChI=1S/C32H30N12O2/c1-2-28-21-29(24-45-26-31(39-15-3-9-33-39,40-16-4-10-34-40)41-17-5-11-35-41)23-30(22-28)25-46-27-32(42-18-6-12-36-42,43-19-7-13-37-43)44-20-8-14-38-44/h1,3-23H,24-27H2. The zero-order valence-electron chi connectivity index (χ0n) is 24.7. The molecule has 0 atom stereocenters. The molecule has 7 aromatic rings. The van der Waals surface area contributed by atoms with E-state index in [2.05, 4.69) is 36.5 Å². The van der Waals surface area contributed by atoms with Crippen LogP contribution in [0.25, 0.3) is 0 Å². The zero-order chi connectivity index (χ0) is 31.2. The first-order chi connectivity index (χ1) is 22.7. The second-order valence-corrected chi connectivity index (χ2v) is 10.4. The van der Waals surface area contributed by atoms with E-state index < -0.39 is 11.6 Å². The highest BCUT2D eigenvalue weighted by Gasteiger charge is 2.40. The van der Waals surface area contributed by atoms with E-state index in [0.717, 1.165) is 16.7 Å². The largest absolute Gasteiger partial charge is 0.370 e. The van der Waals surface area contributed by atoms with Gasteiger partial charge in [0, 0.05) is 79.9 Å². The number of ether oxygens (including phenoxy) is 2. The van der Waals surface area contributed by atoms with Crippen molar-refractivity contribution in [1.82, 2.24) is 58.7 Å². The van der Waals surface area contributed by atoms with Crippen LogP contribution in [0.15, 0.2) is 129 Å². The van der Waals surface area contributed by atoms with Crippen LogP contribution in [0.4, 0.5) is 0 Å². The quantitative estimate of drug-likeness (QED) is 0.171. The molecule has 0 fully saturated rings. The summed E-state index contributed by atoms with van der Waals surface area (Å²) in [6.45, 7) is 0.881. The number of rotatable bonds is 14. The zero-order valence-corrected chi connectivity index (χ0v) is 24.7. The molecule has 0 saturated heterocycles. The normalized spacial score (nSPS) is 12.0. The first kappa shape index (κ1) is 28.7. The lowest BCUT2D eigenvalue weighted by Gasteiger charge is -2.34. The molecule has 46 heavy (non-hydrogen) atoms. The summed E-state index contributed by atoms with van der Waals surface area (Å²) in [5.74, 6) is 0.734. The smallest absolute Gasteiger partial charge is 0.273 e. The minimum Gasteiger partial charge on any atom is -0.370 e. The molecule has 6 heterocycles. The summed E-state index contributed by atoms with van der Waals surface area (Å²) in [5, 5.41) is 27.2. The Labute approximate surface area is 264 Å². The van der Waals surface area contributed by atoms with E-state index in [9.17, 15) is 0 Å². The highest BCUT2D eigenvalue weighted by Crippen LogP contribution is 2.24. The summed E-state index contributed by atoms with van der Waals surface area (Å²) in [6.07, 6.45) is 27.3. The molecule has 14 nitrogen and oxygen atoms in total. The van der Waals surface area contributed by atoms with Gasteiger partial charge in [0.05, 0.1) is 13.2 Å². The Bertz CT molecular complexity index is 1650. The van der Waals surface area contributed by atoms with Crippen LogP contribution in [0.2, 0.25) is 0 Å². The predicted molar refractivity (Wildman–Crippen MR) is 165 cm³/mol. The molecular weight excluding hydrogens is 584 g/mol. The van der Waals surface area contributed by atoms with E-state index in [4.69, 9.17) is 15.9 Å². The van der Waals surface area contributed by atoms with Crippen molar-refractivity contribution in [3.05, 3.63) is 146 Å². The van der Waals surface area contributed by atoms with Crippen LogP contribution in [0, 0.1) is 12.3 Å². The topological polar surface area (TPSA) is 125 Å². The predicted octanol–water partition coefficient (Wildman–Crippen LogP) is 2.69. The molecule has 1 aromatic carbocycles. The van der Waals surface area contributed by atoms with Crippen molar-refractivity contribution >= 4 is 0 Å². The Morgan fingerprint density at radius 3 is 1.04 bits per heavy atom. The average Bonchev–Trinajstić information content (AvgIpc) is 3.95. The Morgan fingerprint density at radius 2 is 0.804 bits per heavy atom. The van der Waals surface area contributed by atoms with Gasteiger partial charge in [-0.25, -0.2) is 28.1 Å². The second-order valence-electron chi connectivity index (χ2n) is 10.4. The third-order valence-corrected chi connectivity index (χ3v) is 7.58. The van der Waals surface area contributed by atoms with E-state index in [1.807, 2.05) is 91.8 Å². The van der Waals surface area contributed by atoms with E-state index in [1.165, 1.54) is 0 Å². The van der Waals surface area contributed by atoms with Crippen LogP contribution in [-0.4, -0.2) is 71.9 Å². The number of nitrogens with zero attached hydrogens (tertiary/aromatic N) is 12. The van der Waals surface area contributed by atoms with Gasteiger partial charge in [-0.05, 0) is 59.7 Å². The fourth-order valence-corrected chi connectivity index (χ4v) is 5.53. The minimum atomic E-state index is -1.01. The van der Waals surface area contributed by atoms with Gasteiger partial charge in [0.2, 0.25) is 0 Å². The number of terminal acetylenes is 1. The summed E-state index contributed by atoms with van der Waals surface area (Å²) >= 11 is 0. The summed E-state index contributed by atoms with van der Waals surface area (Å²) in [7, 11) is 0. The highest BCUT2D eigenvalue weighted by atomic mass is 16.5. The van der Waals surface area contributed by atoms with Gasteiger partial charge in [0.25, 0.3) is 11.6 Å². The SMILES string of the molecule is C#Cc1cc(COCC(n2cccn2)(n2cccn2)n2cccn2)cc(COCC(n2cccn2)(n2cccn2)n2cccn2)c1. The molecule has 0 saturated carbocycles. The highest BCUT2D eigenvalue weighted by molar-refractivity contribution is 5.39. The third kappa shape index (κ3) is 5.19. The molecule has 0 aliphatic rings. The molecule has 0 N–H and O–H groups in total. The molecule has 0 aliphatic carbocycles. The van der Waals surface area contributed by atoms with Gasteiger partial charge < -0.3 is 9.47 Å². The average molecular weight is 615 g/mol. The van der Waals surface area contributed by atoms with Crippen LogP contribution in [0.1, 0.15) is 16.7 Å². The maximum atomic E-state index is 6.39. The number of hydrogen-bond donors (Lipinski definition) is 0.